The first-order chi connectivity index (χ1) is 10.4. The summed E-state index contributed by atoms with van der Waals surface area (Å²) in [4.78, 5) is 23.9. The van der Waals surface area contributed by atoms with Gasteiger partial charge < -0.3 is 0 Å². The summed E-state index contributed by atoms with van der Waals surface area (Å²) < 4.78 is 0. The van der Waals surface area contributed by atoms with E-state index in [0.717, 1.165) is 0 Å². The molecule has 0 saturated carbocycles. The van der Waals surface area contributed by atoms with E-state index in [2.05, 4.69) is 0 Å². The molecule has 2 nitrogen and oxygen atoms in total. The van der Waals surface area contributed by atoms with Crippen LogP contribution in [-0.2, 0) is 0 Å². The van der Waals surface area contributed by atoms with Gasteiger partial charge in [0.25, 0.3) is 0 Å². The van der Waals surface area contributed by atoms with Crippen molar-refractivity contribution in [3.05, 3.63) is 76.9 Å². The third kappa shape index (κ3) is 2.46. The van der Waals surface area contributed by atoms with Crippen molar-refractivity contribution in [3.63, 3.8) is 0 Å². The third-order valence-electron chi connectivity index (χ3n) is 3.33. The van der Waals surface area contributed by atoms with Gasteiger partial charge in [0.05, 0.1) is 20.1 Å². The maximum absolute atomic E-state index is 12.0. The molecule has 0 unspecified atom stereocenters. The largest absolute Gasteiger partial charge is 0.285 e. The minimum Gasteiger partial charge on any atom is -0.285 e. The molecule has 0 spiro atoms. The summed E-state index contributed by atoms with van der Waals surface area (Å²) >= 11 is 23.7. The quantitative estimate of drug-likeness (QED) is 0.578. The molecule has 0 atom stereocenters. The van der Waals surface area contributed by atoms with E-state index < -0.39 is 10.9 Å². The van der Waals surface area contributed by atoms with E-state index in [1.807, 2.05) is 0 Å². The molecule has 0 aliphatic heterocycles. The van der Waals surface area contributed by atoms with Gasteiger partial charge in [0.15, 0.2) is 0 Å². The normalized spacial score (nSPS) is 11.1. The number of hydrogen-bond donors (Lipinski definition) is 0. The van der Waals surface area contributed by atoms with Crippen LogP contribution in [0.4, 0.5) is 0 Å². The van der Waals surface area contributed by atoms with Gasteiger partial charge in [-0.05, 0) is 35.4 Å². The van der Waals surface area contributed by atoms with Gasteiger partial charge >= 0.3 is 0 Å². The van der Waals surface area contributed by atoms with E-state index in [0.29, 0.717) is 42.3 Å². The van der Waals surface area contributed by atoms with Crippen molar-refractivity contribution in [2.45, 2.75) is 0 Å². The second-order valence-electron chi connectivity index (χ2n) is 4.67. The van der Waals surface area contributed by atoms with Crippen molar-refractivity contribution >= 4 is 46.4 Å². The Morgan fingerprint density at radius 2 is 0.909 bits per heavy atom. The lowest BCUT2D eigenvalue weighted by molar-refractivity contribution is 1.40. The molecule has 0 heterocycles. The van der Waals surface area contributed by atoms with Crippen molar-refractivity contribution in [3.8, 4) is 22.3 Å². The summed E-state index contributed by atoms with van der Waals surface area (Å²) in [5.41, 5.74) is 0.586. The molecule has 0 aliphatic rings. The Hall–Kier alpha value is -1.32. The zero-order valence-corrected chi connectivity index (χ0v) is 13.8. The number of rotatable bonds is 2. The first kappa shape index (κ1) is 15.6. The first-order valence-corrected chi connectivity index (χ1v) is 7.65. The van der Waals surface area contributed by atoms with E-state index >= 15 is 0 Å². The molecule has 0 bridgehead atoms. The Balaban J connectivity index is 2.21. The summed E-state index contributed by atoms with van der Waals surface area (Å²) in [5, 5.41) is 1.38. The van der Waals surface area contributed by atoms with Crippen LogP contribution in [0.2, 0.25) is 20.1 Å². The Bertz CT molecular complexity index is 890. The zero-order valence-electron chi connectivity index (χ0n) is 10.8. The van der Waals surface area contributed by atoms with Crippen molar-refractivity contribution in [1.29, 1.82) is 0 Å². The highest BCUT2D eigenvalue weighted by molar-refractivity contribution is 6.42. The molecule has 0 N–H and O–H groups in total. The summed E-state index contributed by atoms with van der Waals surface area (Å²) in [7, 11) is 0. The standard InChI is InChI=1S/C16H6Cl4O2/c17-9-3-1-7(5-11(9)19)13-14(16(22)15(13)21)8-2-4-10(18)12(20)6-8/h1-6H. The Morgan fingerprint density at radius 3 is 1.23 bits per heavy atom. The fourth-order valence-corrected chi connectivity index (χ4v) is 2.84. The van der Waals surface area contributed by atoms with Crippen LogP contribution in [0.3, 0.4) is 0 Å². The lowest BCUT2D eigenvalue weighted by Gasteiger charge is -2.12. The fraction of sp³-hybridized carbons (Fsp3) is 0. The van der Waals surface area contributed by atoms with Crippen molar-refractivity contribution in [1.82, 2.24) is 0 Å². The van der Waals surface area contributed by atoms with E-state index in [1.165, 1.54) is 0 Å². The fourth-order valence-electron chi connectivity index (χ4n) is 2.25. The summed E-state index contributed by atoms with van der Waals surface area (Å²) in [5.74, 6) is 0. The van der Waals surface area contributed by atoms with Crippen LogP contribution >= 0.6 is 46.4 Å². The molecule has 3 aromatic carbocycles. The number of hydrogen-bond acceptors (Lipinski definition) is 2. The maximum atomic E-state index is 12.0. The highest BCUT2D eigenvalue weighted by Gasteiger charge is 2.24. The van der Waals surface area contributed by atoms with Crippen LogP contribution in [0.25, 0.3) is 22.3 Å². The van der Waals surface area contributed by atoms with Crippen molar-refractivity contribution in [2.75, 3.05) is 0 Å². The van der Waals surface area contributed by atoms with E-state index in [1.54, 1.807) is 36.4 Å². The SMILES string of the molecule is O=c1c(-c2ccc(Cl)c(Cl)c2)c(-c2ccc(Cl)c(Cl)c2)c1=O. The molecule has 0 radical (unpaired) electrons. The molecule has 0 fully saturated rings. The van der Waals surface area contributed by atoms with Crippen LogP contribution in [0.1, 0.15) is 0 Å². The number of benzene rings is 2. The van der Waals surface area contributed by atoms with Crippen LogP contribution in [-0.4, -0.2) is 0 Å². The van der Waals surface area contributed by atoms with Gasteiger partial charge in [0.2, 0.25) is 10.9 Å². The molecule has 0 saturated heterocycles. The summed E-state index contributed by atoms with van der Waals surface area (Å²) in [6.45, 7) is 0. The Labute approximate surface area is 145 Å². The van der Waals surface area contributed by atoms with Crippen LogP contribution < -0.4 is 10.9 Å². The molecule has 0 aromatic heterocycles. The Morgan fingerprint density at radius 1 is 0.545 bits per heavy atom. The minimum absolute atomic E-state index is 0.307. The molecule has 0 aliphatic carbocycles. The monoisotopic (exact) mass is 370 g/mol. The van der Waals surface area contributed by atoms with Gasteiger partial charge in [-0.1, -0.05) is 58.5 Å². The third-order valence-corrected chi connectivity index (χ3v) is 4.80. The topological polar surface area (TPSA) is 34.1 Å². The second kappa shape index (κ2) is 5.71. The van der Waals surface area contributed by atoms with E-state index in [9.17, 15) is 9.59 Å². The number of halogens is 4. The molecule has 0 amide bonds. The molecule has 3 aromatic rings. The average molecular weight is 372 g/mol. The molecular weight excluding hydrogens is 366 g/mol. The highest BCUT2D eigenvalue weighted by Crippen LogP contribution is 2.34. The molecule has 6 heteroatoms. The van der Waals surface area contributed by atoms with E-state index in [4.69, 9.17) is 46.4 Å². The van der Waals surface area contributed by atoms with Crippen molar-refractivity contribution in [2.24, 2.45) is 0 Å². The smallest absolute Gasteiger partial charge is 0.234 e. The highest BCUT2D eigenvalue weighted by atomic mass is 35.5. The van der Waals surface area contributed by atoms with Crippen LogP contribution in [0.15, 0.2) is 46.0 Å². The maximum Gasteiger partial charge on any atom is 0.234 e. The van der Waals surface area contributed by atoms with Gasteiger partial charge in [-0.2, -0.15) is 0 Å². The molecule has 110 valence electrons. The van der Waals surface area contributed by atoms with Gasteiger partial charge in [0.1, 0.15) is 0 Å². The zero-order chi connectivity index (χ0) is 16.0. The summed E-state index contributed by atoms with van der Waals surface area (Å²) in [6, 6.07) is 9.56. The lowest BCUT2D eigenvalue weighted by Crippen LogP contribution is -2.34. The lowest BCUT2D eigenvalue weighted by atomic mass is 9.89. The predicted octanol–water partition coefficient (Wildman–Crippen LogP) is 5.23. The van der Waals surface area contributed by atoms with Crippen molar-refractivity contribution < 1.29 is 0 Å². The molecule has 22 heavy (non-hydrogen) atoms. The first-order valence-electron chi connectivity index (χ1n) is 6.14. The van der Waals surface area contributed by atoms with Gasteiger partial charge in [-0.15, -0.1) is 0 Å². The molecule has 3 rings (SSSR count). The average Bonchev–Trinajstić information content (AvgIpc) is 2.50. The predicted molar refractivity (Wildman–Crippen MR) is 92.3 cm³/mol. The van der Waals surface area contributed by atoms with E-state index in [-0.39, 0.29) is 0 Å². The van der Waals surface area contributed by atoms with Gasteiger partial charge in [0, 0.05) is 11.1 Å². The molecular formula is C16H6Cl4O2. The Kier molecular flexibility index (Phi) is 4.04. The van der Waals surface area contributed by atoms with Gasteiger partial charge in [-0.25, -0.2) is 0 Å². The summed E-state index contributed by atoms with van der Waals surface area (Å²) in [6.07, 6.45) is 0. The second-order valence-corrected chi connectivity index (χ2v) is 6.29. The van der Waals surface area contributed by atoms with Crippen LogP contribution in [0.5, 0.6) is 0 Å². The van der Waals surface area contributed by atoms with Gasteiger partial charge in [-0.3, -0.25) is 9.59 Å². The minimum atomic E-state index is -0.556. The van der Waals surface area contributed by atoms with Crippen LogP contribution in [0, 0.1) is 0 Å².